The summed E-state index contributed by atoms with van der Waals surface area (Å²) >= 11 is 0. The molecule has 1 aliphatic heterocycles. The second kappa shape index (κ2) is 7.46. The number of likely N-dealkylation sites (tertiary alicyclic amines) is 1. The summed E-state index contributed by atoms with van der Waals surface area (Å²) in [7, 11) is 1.92. The van der Waals surface area contributed by atoms with Gasteiger partial charge in [-0.3, -0.25) is 4.79 Å². The summed E-state index contributed by atoms with van der Waals surface area (Å²) in [6.45, 7) is 7.09. The number of benzene rings is 1. The normalized spacial score (nSPS) is 22.1. The Bertz CT molecular complexity index is 448. The van der Waals surface area contributed by atoms with Crippen molar-refractivity contribution in [3.63, 3.8) is 0 Å². The molecule has 4 heteroatoms. The zero-order valence-corrected chi connectivity index (χ0v) is 13.3. The van der Waals surface area contributed by atoms with Crippen LogP contribution in [0.5, 0.6) is 5.75 Å². The highest BCUT2D eigenvalue weighted by Gasteiger charge is 2.25. The third-order valence-electron chi connectivity index (χ3n) is 3.89. The largest absolute Gasteiger partial charge is 0.484 e. The first-order valence-corrected chi connectivity index (χ1v) is 7.72. The number of nitrogens with one attached hydrogen (secondary N) is 1. The first kappa shape index (κ1) is 15.8. The van der Waals surface area contributed by atoms with Crippen LogP contribution < -0.4 is 10.1 Å². The molecule has 1 saturated heterocycles. The van der Waals surface area contributed by atoms with Gasteiger partial charge in [-0.15, -0.1) is 0 Å². The zero-order chi connectivity index (χ0) is 15.2. The van der Waals surface area contributed by atoms with Crippen LogP contribution in [0.1, 0.15) is 25.8 Å². The zero-order valence-electron chi connectivity index (χ0n) is 13.3. The Labute approximate surface area is 127 Å². The lowest BCUT2D eigenvalue weighted by atomic mass is 9.92. The van der Waals surface area contributed by atoms with Crippen LogP contribution in [0.15, 0.2) is 24.3 Å². The third kappa shape index (κ3) is 4.74. The number of amides is 1. The van der Waals surface area contributed by atoms with Crippen molar-refractivity contribution in [3.05, 3.63) is 29.8 Å². The number of rotatable bonds is 5. The van der Waals surface area contributed by atoms with E-state index in [4.69, 9.17) is 4.74 Å². The van der Waals surface area contributed by atoms with E-state index in [0.717, 1.165) is 25.4 Å². The Balaban J connectivity index is 1.83. The number of carbonyl (C=O) groups is 1. The number of nitrogens with zero attached hydrogens (tertiary/aromatic N) is 1. The monoisotopic (exact) mass is 290 g/mol. The molecule has 116 valence electrons. The number of ether oxygens (including phenoxy) is 1. The molecule has 0 aromatic heterocycles. The summed E-state index contributed by atoms with van der Waals surface area (Å²) in [5, 5.41) is 3.10. The predicted molar refractivity (Wildman–Crippen MR) is 84.2 cm³/mol. The summed E-state index contributed by atoms with van der Waals surface area (Å²) in [5.41, 5.74) is 1.20. The van der Waals surface area contributed by atoms with E-state index in [2.05, 4.69) is 19.2 Å². The molecule has 0 spiro atoms. The number of piperidine rings is 1. The van der Waals surface area contributed by atoms with E-state index in [1.807, 2.05) is 36.2 Å². The van der Waals surface area contributed by atoms with Crippen molar-refractivity contribution >= 4 is 5.91 Å². The fourth-order valence-corrected chi connectivity index (χ4v) is 3.01. The van der Waals surface area contributed by atoms with Crippen molar-refractivity contribution in [3.8, 4) is 5.75 Å². The van der Waals surface area contributed by atoms with Gasteiger partial charge < -0.3 is 15.0 Å². The Hall–Kier alpha value is -1.55. The van der Waals surface area contributed by atoms with Gasteiger partial charge in [0.2, 0.25) is 0 Å². The molecule has 21 heavy (non-hydrogen) atoms. The van der Waals surface area contributed by atoms with E-state index < -0.39 is 0 Å². The minimum Gasteiger partial charge on any atom is -0.484 e. The second-order valence-electron chi connectivity index (χ2n) is 6.21. The molecular weight excluding hydrogens is 264 g/mol. The Morgan fingerprint density at radius 3 is 2.43 bits per heavy atom. The Morgan fingerprint density at radius 2 is 1.86 bits per heavy atom. The van der Waals surface area contributed by atoms with Crippen molar-refractivity contribution in [1.82, 2.24) is 10.2 Å². The van der Waals surface area contributed by atoms with Crippen molar-refractivity contribution in [2.75, 3.05) is 26.7 Å². The van der Waals surface area contributed by atoms with E-state index in [1.54, 1.807) is 0 Å². The molecule has 0 radical (unpaired) electrons. The van der Waals surface area contributed by atoms with Crippen molar-refractivity contribution < 1.29 is 9.53 Å². The summed E-state index contributed by atoms with van der Waals surface area (Å²) in [6.07, 6.45) is 1.21. The van der Waals surface area contributed by atoms with Crippen LogP contribution in [0.2, 0.25) is 0 Å². The Kier molecular flexibility index (Phi) is 5.62. The average molecular weight is 290 g/mol. The highest BCUT2D eigenvalue weighted by molar-refractivity contribution is 5.77. The number of hydrogen-bond donors (Lipinski definition) is 1. The van der Waals surface area contributed by atoms with Crippen LogP contribution in [0, 0.1) is 11.8 Å². The molecule has 1 N–H and O–H groups in total. The van der Waals surface area contributed by atoms with Crippen molar-refractivity contribution in [1.29, 1.82) is 0 Å². The first-order valence-electron chi connectivity index (χ1n) is 7.72. The molecule has 4 nitrogen and oxygen atoms in total. The Morgan fingerprint density at radius 1 is 1.24 bits per heavy atom. The van der Waals surface area contributed by atoms with Gasteiger partial charge in [-0.2, -0.15) is 0 Å². The van der Waals surface area contributed by atoms with Crippen molar-refractivity contribution in [2.24, 2.45) is 11.8 Å². The maximum absolute atomic E-state index is 12.2. The summed E-state index contributed by atoms with van der Waals surface area (Å²) in [4.78, 5) is 14.2. The van der Waals surface area contributed by atoms with E-state index in [1.165, 1.54) is 12.0 Å². The summed E-state index contributed by atoms with van der Waals surface area (Å²) in [6, 6.07) is 7.87. The molecule has 2 unspecified atom stereocenters. The van der Waals surface area contributed by atoms with Gasteiger partial charge in [-0.25, -0.2) is 0 Å². The van der Waals surface area contributed by atoms with Crippen molar-refractivity contribution in [2.45, 2.75) is 26.8 Å². The van der Waals surface area contributed by atoms with Gasteiger partial charge in [-0.1, -0.05) is 26.0 Å². The van der Waals surface area contributed by atoms with Crippen LogP contribution in [0.4, 0.5) is 0 Å². The second-order valence-corrected chi connectivity index (χ2v) is 6.21. The quantitative estimate of drug-likeness (QED) is 0.904. The lowest BCUT2D eigenvalue weighted by Gasteiger charge is -2.34. The molecule has 1 heterocycles. The van der Waals surface area contributed by atoms with Gasteiger partial charge >= 0.3 is 0 Å². The van der Waals surface area contributed by atoms with Crippen LogP contribution in [0.25, 0.3) is 0 Å². The number of hydrogen-bond acceptors (Lipinski definition) is 3. The average Bonchev–Trinajstić information content (AvgIpc) is 2.45. The minimum atomic E-state index is 0.0905. The van der Waals surface area contributed by atoms with Gasteiger partial charge in [-0.05, 0) is 43.0 Å². The fraction of sp³-hybridized carbons (Fsp3) is 0.588. The molecule has 0 bridgehead atoms. The standard InChI is InChI=1S/C17H26N2O2/c1-13-8-14(2)11-19(10-13)17(20)12-21-16-6-4-15(5-7-16)9-18-3/h4-7,13-14,18H,8-12H2,1-3H3. The van der Waals surface area contributed by atoms with Gasteiger partial charge in [0.25, 0.3) is 5.91 Å². The van der Waals surface area contributed by atoms with Gasteiger partial charge in [0.1, 0.15) is 5.75 Å². The third-order valence-corrected chi connectivity index (χ3v) is 3.89. The molecule has 1 aliphatic rings. The molecule has 2 rings (SSSR count). The molecule has 0 saturated carbocycles. The molecular formula is C17H26N2O2. The van der Waals surface area contributed by atoms with E-state index in [0.29, 0.717) is 11.8 Å². The molecule has 0 aliphatic carbocycles. The smallest absolute Gasteiger partial charge is 0.260 e. The van der Waals surface area contributed by atoms with Gasteiger partial charge in [0.05, 0.1) is 0 Å². The van der Waals surface area contributed by atoms with E-state index in [9.17, 15) is 4.79 Å². The highest BCUT2D eigenvalue weighted by atomic mass is 16.5. The topological polar surface area (TPSA) is 41.6 Å². The molecule has 1 aromatic carbocycles. The summed E-state index contributed by atoms with van der Waals surface area (Å²) < 4.78 is 5.61. The highest BCUT2D eigenvalue weighted by Crippen LogP contribution is 2.21. The van der Waals surface area contributed by atoms with Crippen LogP contribution in [-0.2, 0) is 11.3 Å². The van der Waals surface area contributed by atoms with Gasteiger partial charge in [0, 0.05) is 19.6 Å². The molecule has 1 aromatic rings. The van der Waals surface area contributed by atoms with Gasteiger partial charge in [0.15, 0.2) is 6.61 Å². The van der Waals surface area contributed by atoms with Crippen LogP contribution in [-0.4, -0.2) is 37.6 Å². The lowest BCUT2D eigenvalue weighted by Crippen LogP contribution is -2.44. The molecule has 2 atom stereocenters. The minimum absolute atomic E-state index is 0.0905. The van der Waals surface area contributed by atoms with E-state index in [-0.39, 0.29) is 12.5 Å². The molecule has 1 amide bonds. The van der Waals surface area contributed by atoms with Crippen LogP contribution >= 0.6 is 0 Å². The SMILES string of the molecule is CNCc1ccc(OCC(=O)N2CC(C)CC(C)C2)cc1. The summed E-state index contributed by atoms with van der Waals surface area (Å²) in [5.74, 6) is 2.01. The lowest BCUT2D eigenvalue weighted by molar-refractivity contribution is -0.136. The van der Waals surface area contributed by atoms with Crippen LogP contribution in [0.3, 0.4) is 0 Å². The number of carbonyl (C=O) groups excluding carboxylic acids is 1. The first-order chi connectivity index (χ1) is 10.1. The fourth-order valence-electron chi connectivity index (χ4n) is 3.01. The predicted octanol–water partition coefficient (Wildman–Crippen LogP) is 2.29. The maximum Gasteiger partial charge on any atom is 0.260 e. The maximum atomic E-state index is 12.2. The molecule has 1 fully saturated rings. The van der Waals surface area contributed by atoms with E-state index >= 15 is 0 Å².